The molecule has 1 aliphatic rings. The lowest BCUT2D eigenvalue weighted by atomic mass is 10.2. The van der Waals surface area contributed by atoms with Crippen LogP contribution in [0.15, 0.2) is 53.4 Å². The van der Waals surface area contributed by atoms with Crippen molar-refractivity contribution >= 4 is 6.08 Å². The molecule has 0 fully saturated rings. The highest BCUT2D eigenvalue weighted by atomic mass is 16.5. The Morgan fingerprint density at radius 3 is 2.71 bits per heavy atom. The SMILES string of the molecule is COC1=CC=CC=c2ccccc2=N1. The summed E-state index contributed by atoms with van der Waals surface area (Å²) in [7, 11) is 1.62. The van der Waals surface area contributed by atoms with Crippen molar-refractivity contribution in [3.8, 4) is 0 Å². The zero-order valence-electron chi connectivity index (χ0n) is 7.97. The predicted octanol–water partition coefficient (Wildman–Crippen LogP) is 1.14. The summed E-state index contributed by atoms with van der Waals surface area (Å²) in [5.74, 6) is 0.627. The van der Waals surface area contributed by atoms with Crippen molar-refractivity contribution in [3.05, 3.63) is 59.0 Å². The second kappa shape index (κ2) is 3.92. The molecule has 2 rings (SSSR count). The molecule has 0 aliphatic carbocycles. The smallest absolute Gasteiger partial charge is 0.213 e. The monoisotopic (exact) mass is 185 g/mol. The van der Waals surface area contributed by atoms with E-state index in [4.69, 9.17) is 4.74 Å². The van der Waals surface area contributed by atoms with Crippen molar-refractivity contribution in [1.82, 2.24) is 0 Å². The Labute approximate surface area is 82.6 Å². The van der Waals surface area contributed by atoms with Gasteiger partial charge in [-0.3, -0.25) is 0 Å². The quantitative estimate of drug-likeness (QED) is 0.643. The van der Waals surface area contributed by atoms with Crippen LogP contribution < -0.4 is 10.6 Å². The topological polar surface area (TPSA) is 21.6 Å². The van der Waals surface area contributed by atoms with E-state index in [2.05, 4.69) is 4.99 Å². The van der Waals surface area contributed by atoms with Gasteiger partial charge in [0, 0.05) is 11.3 Å². The maximum Gasteiger partial charge on any atom is 0.213 e. The first kappa shape index (κ1) is 8.75. The van der Waals surface area contributed by atoms with Gasteiger partial charge in [-0.1, -0.05) is 36.4 Å². The number of hydrogen-bond acceptors (Lipinski definition) is 2. The fourth-order valence-electron chi connectivity index (χ4n) is 1.30. The number of allylic oxidation sites excluding steroid dienone is 3. The fraction of sp³-hybridized carbons (Fsp3) is 0.0833. The number of rotatable bonds is 1. The molecular weight excluding hydrogens is 174 g/mol. The van der Waals surface area contributed by atoms with Crippen LogP contribution in [0.25, 0.3) is 6.08 Å². The molecule has 0 radical (unpaired) electrons. The molecule has 0 unspecified atom stereocenters. The van der Waals surface area contributed by atoms with E-state index in [0.29, 0.717) is 5.88 Å². The van der Waals surface area contributed by atoms with E-state index < -0.39 is 0 Å². The molecule has 1 aromatic rings. The van der Waals surface area contributed by atoms with Crippen molar-refractivity contribution in [1.29, 1.82) is 0 Å². The van der Waals surface area contributed by atoms with Crippen molar-refractivity contribution in [3.63, 3.8) is 0 Å². The van der Waals surface area contributed by atoms with E-state index in [-0.39, 0.29) is 0 Å². The third kappa shape index (κ3) is 1.74. The van der Waals surface area contributed by atoms with E-state index in [0.717, 1.165) is 10.6 Å². The van der Waals surface area contributed by atoms with E-state index in [1.54, 1.807) is 7.11 Å². The van der Waals surface area contributed by atoms with Crippen LogP contribution in [0.5, 0.6) is 0 Å². The van der Waals surface area contributed by atoms with Gasteiger partial charge in [0.1, 0.15) is 0 Å². The molecule has 0 saturated heterocycles. The Bertz CT molecular complexity index is 497. The van der Waals surface area contributed by atoms with E-state index >= 15 is 0 Å². The van der Waals surface area contributed by atoms with Crippen LogP contribution in [0.2, 0.25) is 0 Å². The van der Waals surface area contributed by atoms with Crippen LogP contribution in [-0.2, 0) is 4.74 Å². The van der Waals surface area contributed by atoms with Crippen LogP contribution >= 0.6 is 0 Å². The van der Waals surface area contributed by atoms with Gasteiger partial charge < -0.3 is 4.74 Å². The maximum atomic E-state index is 5.11. The average molecular weight is 185 g/mol. The molecule has 0 spiro atoms. The molecule has 0 N–H and O–H groups in total. The Morgan fingerprint density at radius 2 is 1.86 bits per heavy atom. The zero-order chi connectivity index (χ0) is 9.80. The van der Waals surface area contributed by atoms with E-state index in [1.165, 1.54) is 0 Å². The van der Waals surface area contributed by atoms with Gasteiger partial charge >= 0.3 is 0 Å². The maximum absolute atomic E-state index is 5.11. The number of methoxy groups -OCH3 is 1. The van der Waals surface area contributed by atoms with Crippen molar-refractivity contribution in [2.24, 2.45) is 4.99 Å². The summed E-state index contributed by atoms with van der Waals surface area (Å²) in [5.41, 5.74) is 0. The first-order valence-electron chi connectivity index (χ1n) is 4.46. The van der Waals surface area contributed by atoms with Crippen LogP contribution in [0, 0.1) is 0 Å². The minimum atomic E-state index is 0.627. The Morgan fingerprint density at radius 1 is 1.07 bits per heavy atom. The number of nitrogens with zero attached hydrogens (tertiary/aromatic N) is 1. The molecular formula is C12H11NO. The van der Waals surface area contributed by atoms with Gasteiger partial charge in [-0.05, 0) is 6.07 Å². The molecule has 0 atom stereocenters. The molecule has 0 bridgehead atoms. The number of hydrogen-bond donors (Lipinski definition) is 0. The van der Waals surface area contributed by atoms with Gasteiger partial charge in [-0.2, -0.15) is 0 Å². The number of ether oxygens (including phenoxy) is 1. The summed E-state index contributed by atoms with van der Waals surface area (Å²) >= 11 is 0. The Hall–Kier alpha value is -1.83. The van der Waals surface area contributed by atoms with Gasteiger partial charge in [0.25, 0.3) is 0 Å². The third-order valence-corrected chi connectivity index (χ3v) is 2.00. The number of para-hydroxylation sites is 1. The highest BCUT2D eigenvalue weighted by molar-refractivity contribution is 5.39. The Kier molecular flexibility index (Phi) is 2.45. The average Bonchev–Trinajstić information content (AvgIpc) is 2.19. The van der Waals surface area contributed by atoms with E-state index in [1.807, 2.05) is 48.6 Å². The van der Waals surface area contributed by atoms with Gasteiger partial charge in [-0.25, -0.2) is 4.99 Å². The molecule has 14 heavy (non-hydrogen) atoms. The molecule has 70 valence electrons. The predicted molar refractivity (Wildman–Crippen MR) is 55.9 cm³/mol. The van der Waals surface area contributed by atoms with Crippen LogP contribution in [0.3, 0.4) is 0 Å². The number of benzene rings is 1. The fourth-order valence-corrected chi connectivity index (χ4v) is 1.30. The Balaban J connectivity index is 2.70. The minimum Gasteiger partial charge on any atom is -0.481 e. The first-order valence-corrected chi connectivity index (χ1v) is 4.46. The molecule has 0 amide bonds. The van der Waals surface area contributed by atoms with Crippen LogP contribution in [-0.4, -0.2) is 7.11 Å². The second-order valence-electron chi connectivity index (χ2n) is 2.93. The summed E-state index contributed by atoms with van der Waals surface area (Å²) in [6.07, 6.45) is 7.76. The summed E-state index contributed by atoms with van der Waals surface area (Å²) in [6, 6.07) is 7.96. The highest BCUT2D eigenvalue weighted by Crippen LogP contribution is 1.97. The normalized spacial score (nSPS) is 13.9. The summed E-state index contributed by atoms with van der Waals surface area (Å²) in [6.45, 7) is 0. The third-order valence-electron chi connectivity index (χ3n) is 2.00. The second-order valence-corrected chi connectivity index (χ2v) is 2.93. The van der Waals surface area contributed by atoms with Crippen molar-refractivity contribution in [2.45, 2.75) is 0 Å². The van der Waals surface area contributed by atoms with Crippen molar-refractivity contribution in [2.75, 3.05) is 7.11 Å². The summed E-state index contributed by atoms with van der Waals surface area (Å²) in [5, 5.41) is 2.04. The molecule has 2 heteroatoms. The molecule has 2 nitrogen and oxygen atoms in total. The minimum absolute atomic E-state index is 0.627. The molecule has 1 aliphatic heterocycles. The summed E-state index contributed by atoms with van der Waals surface area (Å²) < 4.78 is 5.11. The molecule has 0 aromatic heterocycles. The van der Waals surface area contributed by atoms with E-state index in [9.17, 15) is 0 Å². The molecule has 1 aromatic carbocycles. The number of fused-ring (bicyclic) bond motifs is 1. The van der Waals surface area contributed by atoms with Crippen LogP contribution in [0.4, 0.5) is 0 Å². The van der Waals surface area contributed by atoms with Gasteiger partial charge in [0.2, 0.25) is 5.88 Å². The standard InChI is InChI=1S/C12H11NO/c1-14-12-9-5-3-7-10-6-2-4-8-11(10)13-12/h2-9H,1H3. The lowest BCUT2D eigenvalue weighted by Crippen LogP contribution is -2.24. The lowest BCUT2D eigenvalue weighted by molar-refractivity contribution is 0.286. The van der Waals surface area contributed by atoms with Crippen LogP contribution in [0.1, 0.15) is 0 Å². The summed E-state index contributed by atoms with van der Waals surface area (Å²) in [4.78, 5) is 4.37. The largest absolute Gasteiger partial charge is 0.481 e. The molecule has 1 heterocycles. The molecule has 0 saturated carbocycles. The van der Waals surface area contributed by atoms with Crippen molar-refractivity contribution < 1.29 is 4.74 Å². The lowest BCUT2D eigenvalue weighted by Gasteiger charge is -1.99. The van der Waals surface area contributed by atoms with Gasteiger partial charge in [0.05, 0.1) is 12.5 Å². The highest BCUT2D eigenvalue weighted by Gasteiger charge is 1.92. The van der Waals surface area contributed by atoms with Gasteiger partial charge in [-0.15, -0.1) is 0 Å². The first-order chi connectivity index (χ1) is 6.90. The van der Waals surface area contributed by atoms with Gasteiger partial charge in [0.15, 0.2) is 0 Å². The zero-order valence-corrected chi connectivity index (χ0v) is 7.97.